The highest BCUT2D eigenvalue weighted by Crippen LogP contribution is 2.26. The number of hydrogen-bond acceptors (Lipinski definition) is 2. The Morgan fingerprint density at radius 2 is 2.00 bits per heavy atom. The van der Waals surface area contributed by atoms with Crippen molar-refractivity contribution in [3.8, 4) is 0 Å². The van der Waals surface area contributed by atoms with Crippen LogP contribution >= 0.6 is 0 Å². The molecule has 4 nitrogen and oxygen atoms in total. The van der Waals surface area contributed by atoms with Gasteiger partial charge in [-0.3, -0.25) is 0 Å². The van der Waals surface area contributed by atoms with Gasteiger partial charge in [0.15, 0.2) is 0 Å². The van der Waals surface area contributed by atoms with Crippen molar-refractivity contribution in [2.24, 2.45) is 17.6 Å². The Morgan fingerprint density at radius 1 is 1.26 bits per heavy atom. The van der Waals surface area contributed by atoms with E-state index in [2.05, 4.69) is 12.2 Å². The van der Waals surface area contributed by atoms with Crippen LogP contribution < -0.4 is 11.1 Å². The number of nitrogens with one attached hydrogen (secondary N) is 1. The molecule has 2 aliphatic rings. The number of rotatable bonds is 3. The van der Waals surface area contributed by atoms with Crippen LogP contribution in [0.25, 0.3) is 0 Å². The number of nitrogens with zero attached hydrogens (tertiary/aromatic N) is 1. The van der Waals surface area contributed by atoms with E-state index in [4.69, 9.17) is 5.73 Å². The second kappa shape index (κ2) is 7.13. The minimum atomic E-state index is 0.104. The molecule has 3 N–H and O–H groups in total. The number of piperidine rings is 1. The van der Waals surface area contributed by atoms with Crippen molar-refractivity contribution in [2.45, 2.75) is 57.9 Å². The number of nitrogens with two attached hydrogens (primary N) is 1. The van der Waals surface area contributed by atoms with E-state index in [1.54, 1.807) is 0 Å². The number of hydrogen-bond donors (Lipinski definition) is 2. The van der Waals surface area contributed by atoms with E-state index in [1.165, 1.54) is 38.5 Å². The highest BCUT2D eigenvalue weighted by atomic mass is 16.2. The fourth-order valence-electron chi connectivity index (χ4n) is 3.53. The highest BCUT2D eigenvalue weighted by Gasteiger charge is 2.27. The summed E-state index contributed by atoms with van der Waals surface area (Å²) >= 11 is 0. The van der Waals surface area contributed by atoms with Crippen LogP contribution in [0, 0.1) is 11.8 Å². The molecular formula is C15H29N3O. The minimum Gasteiger partial charge on any atom is -0.334 e. The van der Waals surface area contributed by atoms with Crippen LogP contribution in [-0.2, 0) is 0 Å². The van der Waals surface area contributed by atoms with E-state index in [0.29, 0.717) is 18.4 Å². The monoisotopic (exact) mass is 267 g/mol. The second-order valence-corrected chi connectivity index (χ2v) is 6.38. The van der Waals surface area contributed by atoms with E-state index in [-0.39, 0.29) is 12.1 Å². The largest absolute Gasteiger partial charge is 0.334 e. The summed E-state index contributed by atoms with van der Waals surface area (Å²) in [4.78, 5) is 14.3. The maximum atomic E-state index is 12.3. The molecule has 1 heterocycles. The first-order valence-electron chi connectivity index (χ1n) is 7.96. The smallest absolute Gasteiger partial charge is 0.317 e. The van der Waals surface area contributed by atoms with Gasteiger partial charge in [0.25, 0.3) is 0 Å². The van der Waals surface area contributed by atoms with Crippen molar-refractivity contribution >= 4 is 6.03 Å². The molecule has 2 unspecified atom stereocenters. The van der Waals surface area contributed by atoms with Gasteiger partial charge in [-0.15, -0.1) is 0 Å². The molecule has 1 saturated heterocycles. The fourth-order valence-corrected chi connectivity index (χ4v) is 3.53. The third-order valence-electron chi connectivity index (χ3n) is 4.73. The predicted octanol–water partition coefficient (Wildman–Crippen LogP) is 2.34. The number of amides is 2. The quantitative estimate of drug-likeness (QED) is 0.824. The highest BCUT2D eigenvalue weighted by molar-refractivity contribution is 5.74. The summed E-state index contributed by atoms with van der Waals surface area (Å²) in [5, 5.41) is 3.19. The van der Waals surface area contributed by atoms with E-state index in [1.807, 2.05) is 4.90 Å². The van der Waals surface area contributed by atoms with Gasteiger partial charge in [-0.25, -0.2) is 4.79 Å². The fraction of sp³-hybridized carbons (Fsp3) is 0.933. The van der Waals surface area contributed by atoms with Crippen LogP contribution in [0.1, 0.15) is 51.9 Å². The summed E-state index contributed by atoms with van der Waals surface area (Å²) in [7, 11) is 0. The van der Waals surface area contributed by atoms with Gasteiger partial charge < -0.3 is 16.0 Å². The molecule has 2 fully saturated rings. The molecule has 4 heteroatoms. The van der Waals surface area contributed by atoms with Crippen LogP contribution in [0.3, 0.4) is 0 Å². The van der Waals surface area contributed by atoms with E-state index in [9.17, 15) is 4.79 Å². The van der Waals surface area contributed by atoms with Gasteiger partial charge in [-0.05, 0) is 37.5 Å². The molecule has 0 aromatic carbocycles. The summed E-state index contributed by atoms with van der Waals surface area (Å²) in [6.45, 7) is 4.59. The molecule has 0 aromatic rings. The van der Waals surface area contributed by atoms with Crippen LogP contribution in [0.5, 0.6) is 0 Å². The molecule has 2 rings (SSSR count). The first-order chi connectivity index (χ1) is 9.20. The number of likely N-dealkylation sites (tertiary alicyclic amines) is 1. The molecule has 0 spiro atoms. The zero-order valence-corrected chi connectivity index (χ0v) is 12.2. The lowest BCUT2D eigenvalue weighted by molar-refractivity contribution is 0.159. The molecule has 19 heavy (non-hydrogen) atoms. The van der Waals surface area contributed by atoms with Gasteiger partial charge in [0.1, 0.15) is 0 Å². The number of carbonyl (C=O) groups excluding carboxylic acids is 1. The van der Waals surface area contributed by atoms with Gasteiger partial charge >= 0.3 is 6.03 Å². The van der Waals surface area contributed by atoms with E-state index < -0.39 is 0 Å². The Balaban J connectivity index is 1.84. The lowest BCUT2D eigenvalue weighted by atomic mass is 9.84. The molecule has 0 aromatic heterocycles. The first-order valence-corrected chi connectivity index (χ1v) is 7.96. The average molecular weight is 267 g/mol. The zero-order valence-electron chi connectivity index (χ0n) is 12.2. The SMILES string of the molecule is CC1CCCN(C(=O)NC(CN)C2CCCCC2)C1. The topological polar surface area (TPSA) is 58.4 Å². The molecule has 1 saturated carbocycles. The first kappa shape index (κ1) is 14.6. The third-order valence-corrected chi connectivity index (χ3v) is 4.73. The maximum absolute atomic E-state index is 12.3. The van der Waals surface area contributed by atoms with Crippen molar-refractivity contribution in [1.82, 2.24) is 10.2 Å². The van der Waals surface area contributed by atoms with Crippen molar-refractivity contribution in [3.63, 3.8) is 0 Å². The molecular weight excluding hydrogens is 238 g/mol. The van der Waals surface area contributed by atoms with E-state index in [0.717, 1.165) is 19.5 Å². The van der Waals surface area contributed by atoms with Crippen molar-refractivity contribution in [3.05, 3.63) is 0 Å². The van der Waals surface area contributed by atoms with Crippen LogP contribution in [0.15, 0.2) is 0 Å². The molecule has 1 aliphatic heterocycles. The van der Waals surface area contributed by atoms with Gasteiger partial charge in [0, 0.05) is 25.7 Å². The Labute approximate surface area is 117 Å². The summed E-state index contributed by atoms with van der Waals surface area (Å²) in [6, 6.07) is 0.276. The van der Waals surface area contributed by atoms with Crippen molar-refractivity contribution < 1.29 is 4.79 Å². The Kier molecular flexibility index (Phi) is 5.49. The Hall–Kier alpha value is -0.770. The van der Waals surface area contributed by atoms with Crippen LogP contribution in [-0.4, -0.2) is 36.6 Å². The lowest BCUT2D eigenvalue weighted by Crippen LogP contribution is -2.52. The Morgan fingerprint density at radius 3 is 2.63 bits per heavy atom. The summed E-state index contributed by atoms with van der Waals surface area (Å²) < 4.78 is 0. The zero-order chi connectivity index (χ0) is 13.7. The summed E-state index contributed by atoms with van der Waals surface area (Å²) in [6.07, 6.45) is 8.73. The number of urea groups is 1. The summed E-state index contributed by atoms with van der Waals surface area (Å²) in [5.41, 5.74) is 5.88. The van der Waals surface area contributed by atoms with Crippen molar-refractivity contribution in [1.29, 1.82) is 0 Å². The maximum Gasteiger partial charge on any atom is 0.317 e. The standard InChI is InChI=1S/C15H29N3O/c1-12-6-5-9-18(11-12)15(19)17-14(10-16)13-7-3-2-4-8-13/h12-14H,2-11,16H2,1H3,(H,17,19). The Bertz CT molecular complexity index is 289. The van der Waals surface area contributed by atoms with E-state index >= 15 is 0 Å². The lowest BCUT2D eigenvalue weighted by Gasteiger charge is -2.35. The van der Waals surface area contributed by atoms with Gasteiger partial charge in [-0.1, -0.05) is 26.2 Å². The van der Waals surface area contributed by atoms with Crippen molar-refractivity contribution in [2.75, 3.05) is 19.6 Å². The minimum absolute atomic E-state index is 0.104. The molecule has 0 radical (unpaired) electrons. The molecule has 2 amide bonds. The predicted molar refractivity (Wildman–Crippen MR) is 77.9 cm³/mol. The number of carbonyl (C=O) groups is 1. The van der Waals surface area contributed by atoms with Crippen LogP contribution in [0.2, 0.25) is 0 Å². The summed E-state index contributed by atoms with van der Waals surface area (Å²) in [5.74, 6) is 1.22. The average Bonchev–Trinajstić information content (AvgIpc) is 2.45. The molecule has 110 valence electrons. The molecule has 0 bridgehead atoms. The normalized spacial score (nSPS) is 27.1. The molecule has 1 aliphatic carbocycles. The second-order valence-electron chi connectivity index (χ2n) is 6.38. The van der Waals surface area contributed by atoms with Gasteiger partial charge in [0.2, 0.25) is 0 Å². The van der Waals surface area contributed by atoms with Gasteiger partial charge in [0.05, 0.1) is 0 Å². The van der Waals surface area contributed by atoms with Gasteiger partial charge in [-0.2, -0.15) is 0 Å². The van der Waals surface area contributed by atoms with Crippen LogP contribution in [0.4, 0.5) is 4.79 Å². The molecule has 2 atom stereocenters. The third kappa shape index (κ3) is 4.10.